The Morgan fingerprint density at radius 2 is 2.00 bits per heavy atom. The van der Waals surface area contributed by atoms with E-state index in [9.17, 15) is 0 Å². The van der Waals surface area contributed by atoms with Crippen LogP contribution in [0.15, 0.2) is 30.3 Å². The van der Waals surface area contributed by atoms with Crippen LogP contribution in [-0.2, 0) is 0 Å². The maximum Gasteiger partial charge on any atom is 0.0470 e. The zero-order valence-corrected chi connectivity index (χ0v) is 9.97. The second-order valence-corrected chi connectivity index (χ2v) is 3.87. The van der Waals surface area contributed by atoms with Crippen LogP contribution < -0.4 is 5.73 Å². The van der Waals surface area contributed by atoms with Crippen LogP contribution in [0.2, 0.25) is 0 Å². The SMILES string of the molecule is CCN(CCCO)C(CN)c1ccccc1. The Kier molecular flexibility index (Phi) is 6.08. The monoisotopic (exact) mass is 222 g/mol. The normalized spacial score (nSPS) is 13.0. The van der Waals surface area contributed by atoms with E-state index in [1.807, 2.05) is 18.2 Å². The molecule has 1 aromatic carbocycles. The van der Waals surface area contributed by atoms with E-state index in [-0.39, 0.29) is 12.6 Å². The molecular formula is C13H22N2O. The molecule has 1 aromatic rings. The zero-order chi connectivity index (χ0) is 11.8. The molecule has 0 saturated carbocycles. The Morgan fingerprint density at radius 1 is 1.31 bits per heavy atom. The minimum Gasteiger partial charge on any atom is -0.396 e. The minimum absolute atomic E-state index is 0.239. The molecular weight excluding hydrogens is 200 g/mol. The van der Waals surface area contributed by atoms with E-state index in [4.69, 9.17) is 10.8 Å². The Hall–Kier alpha value is -0.900. The lowest BCUT2D eigenvalue weighted by Gasteiger charge is -2.30. The maximum absolute atomic E-state index is 8.88. The summed E-state index contributed by atoms with van der Waals surface area (Å²) < 4.78 is 0. The van der Waals surface area contributed by atoms with E-state index in [0.717, 1.165) is 19.5 Å². The van der Waals surface area contributed by atoms with Crippen LogP contribution in [0.25, 0.3) is 0 Å². The molecule has 0 heterocycles. The molecule has 3 N–H and O–H groups in total. The summed E-state index contributed by atoms with van der Waals surface area (Å²) in [4.78, 5) is 2.31. The summed E-state index contributed by atoms with van der Waals surface area (Å²) in [6.45, 7) is 4.83. The molecule has 0 aliphatic heterocycles. The van der Waals surface area contributed by atoms with Gasteiger partial charge in [-0.2, -0.15) is 0 Å². The third-order valence-electron chi connectivity index (χ3n) is 2.86. The van der Waals surface area contributed by atoms with Crippen LogP contribution in [0.1, 0.15) is 24.9 Å². The molecule has 3 heteroatoms. The molecule has 3 nitrogen and oxygen atoms in total. The summed E-state index contributed by atoms with van der Waals surface area (Å²) in [6.07, 6.45) is 0.803. The van der Waals surface area contributed by atoms with E-state index in [2.05, 4.69) is 24.0 Å². The Balaban J connectivity index is 2.71. The molecule has 16 heavy (non-hydrogen) atoms. The van der Waals surface area contributed by atoms with Crippen molar-refractivity contribution >= 4 is 0 Å². The summed E-state index contributed by atoms with van der Waals surface area (Å²) in [6, 6.07) is 10.6. The molecule has 0 amide bonds. The van der Waals surface area contributed by atoms with Crippen LogP contribution in [0.3, 0.4) is 0 Å². The van der Waals surface area contributed by atoms with Crippen molar-refractivity contribution in [2.24, 2.45) is 5.73 Å². The lowest BCUT2D eigenvalue weighted by atomic mass is 10.1. The van der Waals surface area contributed by atoms with E-state index >= 15 is 0 Å². The standard InChI is InChI=1S/C13H22N2O/c1-2-15(9-6-10-16)13(11-14)12-7-4-3-5-8-12/h3-5,7-8,13,16H,2,6,9-11,14H2,1H3. The molecule has 0 radical (unpaired) electrons. The molecule has 0 saturated heterocycles. The number of aliphatic hydroxyl groups excluding tert-OH is 1. The number of nitrogens with zero attached hydrogens (tertiary/aromatic N) is 1. The molecule has 1 atom stereocenters. The molecule has 1 unspecified atom stereocenters. The smallest absolute Gasteiger partial charge is 0.0470 e. The first-order valence-corrected chi connectivity index (χ1v) is 5.93. The minimum atomic E-state index is 0.239. The molecule has 90 valence electrons. The van der Waals surface area contributed by atoms with Gasteiger partial charge in [0.05, 0.1) is 0 Å². The van der Waals surface area contributed by atoms with Gasteiger partial charge in [0, 0.05) is 25.7 Å². The van der Waals surface area contributed by atoms with Gasteiger partial charge in [0.1, 0.15) is 0 Å². The summed E-state index contributed by atoms with van der Waals surface area (Å²) in [5.74, 6) is 0. The highest BCUT2D eigenvalue weighted by atomic mass is 16.3. The number of hydrogen-bond donors (Lipinski definition) is 2. The van der Waals surface area contributed by atoms with E-state index in [1.165, 1.54) is 5.56 Å². The van der Waals surface area contributed by atoms with E-state index in [1.54, 1.807) is 0 Å². The van der Waals surface area contributed by atoms with Crippen molar-refractivity contribution in [3.63, 3.8) is 0 Å². The Labute approximate surface area is 97.9 Å². The number of benzene rings is 1. The largest absolute Gasteiger partial charge is 0.396 e. The first kappa shape index (κ1) is 13.2. The van der Waals surface area contributed by atoms with Gasteiger partial charge >= 0.3 is 0 Å². The summed E-state index contributed by atoms with van der Waals surface area (Å²) in [5, 5.41) is 8.88. The highest BCUT2D eigenvalue weighted by Crippen LogP contribution is 2.19. The summed E-state index contributed by atoms with van der Waals surface area (Å²) in [5.41, 5.74) is 7.10. The van der Waals surface area contributed by atoms with Gasteiger partial charge in [0.25, 0.3) is 0 Å². The van der Waals surface area contributed by atoms with Crippen molar-refractivity contribution in [3.8, 4) is 0 Å². The molecule has 0 bridgehead atoms. The van der Waals surface area contributed by atoms with Crippen molar-refractivity contribution in [2.75, 3.05) is 26.2 Å². The third-order valence-corrected chi connectivity index (χ3v) is 2.86. The van der Waals surface area contributed by atoms with E-state index in [0.29, 0.717) is 6.54 Å². The number of likely N-dealkylation sites (N-methyl/N-ethyl adjacent to an activating group) is 1. The van der Waals surface area contributed by atoms with Gasteiger partial charge in [-0.1, -0.05) is 37.3 Å². The molecule has 0 aliphatic carbocycles. The van der Waals surface area contributed by atoms with Gasteiger partial charge in [-0.15, -0.1) is 0 Å². The number of rotatable bonds is 7. The molecule has 0 aliphatic rings. The predicted molar refractivity (Wildman–Crippen MR) is 67.2 cm³/mol. The topological polar surface area (TPSA) is 49.5 Å². The summed E-state index contributed by atoms with van der Waals surface area (Å²) in [7, 11) is 0. The molecule has 0 spiro atoms. The molecule has 0 aromatic heterocycles. The fourth-order valence-electron chi connectivity index (χ4n) is 1.98. The lowest BCUT2D eigenvalue weighted by Crippen LogP contribution is -2.34. The third kappa shape index (κ3) is 3.59. The van der Waals surface area contributed by atoms with Crippen molar-refractivity contribution in [1.29, 1.82) is 0 Å². The zero-order valence-electron chi connectivity index (χ0n) is 9.97. The second-order valence-electron chi connectivity index (χ2n) is 3.87. The van der Waals surface area contributed by atoms with E-state index < -0.39 is 0 Å². The van der Waals surface area contributed by atoms with Crippen LogP contribution in [0.4, 0.5) is 0 Å². The van der Waals surface area contributed by atoms with Crippen LogP contribution in [0.5, 0.6) is 0 Å². The predicted octanol–water partition coefficient (Wildman–Crippen LogP) is 1.39. The quantitative estimate of drug-likeness (QED) is 0.733. The van der Waals surface area contributed by atoms with Crippen LogP contribution in [0, 0.1) is 0 Å². The number of aliphatic hydroxyl groups is 1. The average Bonchev–Trinajstić information content (AvgIpc) is 2.35. The highest BCUT2D eigenvalue weighted by Gasteiger charge is 2.16. The summed E-state index contributed by atoms with van der Waals surface area (Å²) >= 11 is 0. The average molecular weight is 222 g/mol. The fraction of sp³-hybridized carbons (Fsp3) is 0.538. The van der Waals surface area contributed by atoms with Crippen LogP contribution in [-0.4, -0.2) is 36.2 Å². The van der Waals surface area contributed by atoms with Crippen LogP contribution >= 0.6 is 0 Å². The second kappa shape index (κ2) is 7.39. The highest BCUT2D eigenvalue weighted by molar-refractivity contribution is 5.19. The van der Waals surface area contributed by atoms with Crippen molar-refractivity contribution in [1.82, 2.24) is 4.90 Å². The first-order valence-electron chi connectivity index (χ1n) is 5.93. The maximum atomic E-state index is 8.88. The fourth-order valence-corrected chi connectivity index (χ4v) is 1.98. The number of nitrogens with two attached hydrogens (primary N) is 1. The number of hydrogen-bond acceptors (Lipinski definition) is 3. The Bertz CT molecular complexity index is 277. The molecule has 0 fully saturated rings. The van der Waals surface area contributed by atoms with Gasteiger partial charge in [-0.05, 0) is 18.5 Å². The molecule has 1 rings (SSSR count). The van der Waals surface area contributed by atoms with Gasteiger partial charge in [0.15, 0.2) is 0 Å². The van der Waals surface area contributed by atoms with Crippen molar-refractivity contribution < 1.29 is 5.11 Å². The van der Waals surface area contributed by atoms with Gasteiger partial charge in [-0.25, -0.2) is 0 Å². The lowest BCUT2D eigenvalue weighted by molar-refractivity contribution is 0.185. The van der Waals surface area contributed by atoms with Gasteiger partial charge < -0.3 is 10.8 Å². The first-order chi connectivity index (χ1) is 7.83. The Morgan fingerprint density at radius 3 is 2.50 bits per heavy atom. The van der Waals surface area contributed by atoms with Gasteiger partial charge in [0.2, 0.25) is 0 Å². The van der Waals surface area contributed by atoms with Crippen molar-refractivity contribution in [2.45, 2.75) is 19.4 Å². The van der Waals surface area contributed by atoms with Gasteiger partial charge in [-0.3, -0.25) is 4.90 Å². The van der Waals surface area contributed by atoms with Crippen molar-refractivity contribution in [3.05, 3.63) is 35.9 Å².